The fourth-order valence-electron chi connectivity index (χ4n) is 0.789. The Hall–Kier alpha value is -0.170. The summed E-state index contributed by atoms with van der Waals surface area (Å²) in [5.74, 6) is -1.24. The quantitative estimate of drug-likeness (QED) is 0.438. The topological polar surface area (TPSA) is 26.3 Å². The van der Waals surface area contributed by atoms with E-state index in [2.05, 4.69) is 20.7 Å². The third-order valence-electron chi connectivity index (χ3n) is 1.42. The van der Waals surface area contributed by atoms with Crippen molar-refractivity contribution in [2.75, 3.05) is 7.11 Å². The normalized spacial score (nSPS) is 9.85. The average molecular weight is 359 g/mol. The molecule has 0 aliphatic rings. The number of methoxy groups -OCH3 is 1. The molecule has 2 nitrogen and oxygen atoms in total. The van der Waals surface area contributed by atoms with E-state index in [-0.39, 0.29) is 5.56 Å². The van der Waals surface area contributed by atoms with Crippen LogP contribution in [-0.2, 0) is 4.74 Å². The van der Waals surface area contributed by atoms with Gasteiger partial charge in [0.1, 0.15) is 5.82 Å². The lowest BCUT2D eigenvalue weighted by atomic mass is 10.2. The van der Waals surface area contributed by atoms with Gasteiger partial charge in [-0.05, 0) is 50.7 Å². The van der Waals surface area contributed by atoms with Crippen LogP contribution < -0.4 is 0 Å². The van der Waals surface area contributed by atoms with E-state index in [1.807, 2.05) is 22.6 Å². The van der Waals surface area contributed by atoms with Crippen LogP contribution in [0.2, 0.25) is 0 Å². The van der Waals surface area contributed by atoms with Gasteiger partial charge >= 0.3 is 5.97 Å². The van der Waals surface area contributed by atoms with Crippen molar-refractivity contribution in [3.63, 3.8) is 0 Å². The fourth-order valence-corrected chi connectivity index (χ4v) is 1.56. The zero-order valence-electron chi connectivity index (χ0n) is 6.61. The molecule has 0 spiro atoms. The number of benzene rings is 1. The van der Waals surface area contributed by atoms with Crippen LogP contribution in [0.15, 0.2) is 16.6 Å². The van der Waals surface area contributed by atoms with Crippen molar-refractivity contribution in [2.45, 2.75) is 0 Å². The Morgan fingerprint density at radius 1 is 1.62 bits per heavy atom. The van der Waals surface area contributed by atoms with Gasteiger partial charge in [0.15, 0.2) is 0 Å². The molecule has 0 amide bonds. The van der Waals surface area contributed by atoms with E-state index in [1.165, 1.54) is 19.2 Å². The van der Waals surface area contributed by atoms with Gasteiger partial charge in [-0.1, -0.05) is 0 Å². The molecule has 70 valence electrons. The molecule has 0 unspecified atom stereocenters. The maximum Gasteiger partial charge on any atom is 0.340 e. The van der Waals surface area contributed by atoms with Gasteiger partial charge in [-0.3, -0.25) is 0 Å². The first-order valence-electron chi connectivity index (χ1n) is 3.29. The van der Waals surface area contributed by atoms with Crippen LogP contribution in [0, 0.1) is 9.39 Å². The van der Waals surface area contributed by atoms with Crippen molar-refractivity contribution in [2.24, 2.45) is 0 Å². The molecule has 0 bridgehead atoms. The molecule has 0 heterocycles. The molecule has 0 N–H and O–H groups in total. The first kappa shape index (κ1) is 10.9. The van der Waals surface area contributed by atoms with E-state index in [0.717, 1.165) is 0 Å². The van der Waals surface area contributed by atoms with Crippen LogP contribution in [0.3, 0.4) is 0 Å². The lowest BCUT2D eigenvalue weighted by Crippen LogP contribution is -2.04. The molecule has 1 aromatic carbocycles. The van der Waals surface area contributed by atoms with Gasteiger partial charge in [0, 0.05) is 8.04 Å². The monoisotopic (exact) mass is 358 g/mol. The standard InChI is InChI=1S/C8H5BrFIO2/c1-13-8(12)4-2-5(9)7(11)3-6(4)10/h2-3H,1H3. The lowest BCUT2D eigenvalue weighted by molar-refractivity contribution is 0.0595. The van der Waals surface area contributed by atoms with E-state index in [1.54, 1.807) is 0 Å². The molecule has 1 rings (SSSR count). The first-order valence-corrected chi connectivity index (χ1v) is 5.16. The molecule has 0 fully saturated rings. The molecule has 0 radical (unpaired) electrons. The second kappa shape index (κ2) is 4.36. The largest absolute Gasteiger partial charge is 0.465 e. The summed E-state index contributed by atoms with van der Waals surface area (Å²) in [5.41, 5.74) is -0.0604. The van der Waals surface area contributed by atoms with Crippen LogP contribution in [-0.4, -0.2) is 13.1 Å². The van der Waals surface area contributed by atoms with E-state index in [0.29, 0.717) is 8.04 Å². The smallest absolute Gasteiger partial charge is 0.340 e. The van der Waals surface area contributed by atoms with Crippen LogP contribution in [0.1, 0.15) is 10.4 Å². The number of carbonyl (C=O) groups excluding carboxylic acids is 1. The predicted molar refractivity (Wildman–Crippen MR) is 58.2 cm³/mol. The maximum atomic E-state index is 13.1. The van der Waals surface area contributed by atoms with Crippen molar-refractivity contribution < 1.29 is 13.9 Å². The predicted octanol–water partition coefficient (Wildman–Crippen LogP) is 2.98. The van der Waals surface area contributed by atoms with Crippen LogP contribution in [0.25, 0.3) is 0 Å². The third kappa shape index (κ3) is 2.40. The molecule has 0 saturated carbocycles. The number of halogens is 3. The summed E-state index contributed by atoms with van der Waals surface area (Å²) >= 11 is 5.16. The van der Waals surface area contributed by atoms with E-state index >= 15 is 0 Å². The minimum atomic E-state index is -0.672. The van der Waals surface area contributed by atoms with E-state index in [4.69, 9.17) is 0 Å². The highest BCUT2D eigenvalue weighted by Gasteiger charge is 2.13. The Labute approximate surface area is 96.7 Å². The molecule has 0 atom stereocenters. The zero-order valence-corrected chi connectivity index (χ0v) is 10.3. The Morgan fingerprint density at radius 3 is 2.77 bits per heavy atom. The number of hydrogen-bond acceptors (Lipinski definition) is 2. The number of esters is 1. The molecule has 1 aromatic rings. The van der Waals surface area contributed by atoms with Gasteiger partial charge in [0.2, 0.25) is 0 Å². The van der Waals surface area contributed by atoms with Gasteiger partial charge < -0.3 is 4.74 Å². The van der Waals surface area contributed by atoms with Crippen molar-refractivity contribution in [1.29, 1.82) is 0 Å². The fraction of sp³-hybridized carbons (Fsp3) is 0.125. The third-order valence-corrected chi connectivity index (χ3v) is 3.71. The van der Waals surface area contributed by atoms with Crippen LogP contribution in [0.4, 0.5) is 4.39 Å². The highest BCUT2D eigenvalue weighted by molar-refractivity contribution is 14.1. The van der Waals surface area contributed by atoms with Crippen molar-refractivity contribution in [1.82, 2.24) is 0 Å². The van der Waals surface area contributed by atoms with E-state index in [9.17, 15) is 9.18 Å². The summed E-state index contributed by atoms with van der Waals surface area (Å²) in [6.45, 7) is 0. The lowest BCUT2D eigenvalue weighted by Gasteiger charge is -2.02. The van der Waals surface area contributed by atoms with Crippen LogP contribution >= 0.6 is 38.5 Å². The van der Waals surface area contributed by atoms with Gasteiger partial charge in [-0.15, -0.1) is 0 Å². The van der Waals surface area contributed by atoms with Gasteiger partial charge in [-0.2, -0.15) is 0 Å². The Balaban J connectivity index is 3.23. The highest BCUT2D eigenvalue weighted by atomic mass is 127. The van der Waals surface area contributed by atoms with Gasteiger partial charge in [0.05, 0.1) is 12.7 Å². The molecule has 0 aromatic heterocycles. The highest BCUT2D eigenvalue weighted by Crippen LogP contribution is 2.23. The van der Waals surface area contributed by atoms with Gasteiger partial charge in [0.25, 0.3) is 0 Å². The second-order valence-corrected chi connectivity index (χ2v) is 4.25. The van der Waals surface area contributed by atoms with Gasteiger partial charge in [-0.25, -0.2) is 9.18 Å². The minimum Gasteiger partial charge on any atom is -0.465 e. The molecule has 0 aliphatic carbocycles. The molecule has 0 aliphatic heterocycles. The number of hydrogen-bond donors (Lipinski definition) is 0. The molecule has 13 heavy (non-hydrogen) atoms. The van der Waals surface area contributed by atoms with E-state index < -0.39 is 11.8 Å². The van der Waals surface area contributed by atoms with Crippen molar-refractivity contribution in [3.8, 4) is 0 Å². The van der Waals surface area contributed by atoms with Crippen LogP contribution in [0.5, 0.6) is 0 Å². The first-order chi connectivity index (χ1) is 6.06. The summed E-state index contributed by atoms with van der Waals surface area (Å²) in [7, 11) is 1.22. The maximum absolute atomic E-state index is 13.1. The number of ether oxygens (including phenoxy) is 1. The summed E-state index contributed by atoms with van der Waals surface area (Å²) < 4.78 is 18.9. The number of rotatable bonds is 1. The summed E-state index contributed by atoms with van der Waals surface area (Å²) in [6.07, 6.45) is 0. The minimum absolute atomic E-state index is 0.0604. The van der Waals surface area contributed by atoms with Crippen molar-refractivity contribution >= 4 is 44.5 Å². The molecule has 0 saturated heterocycles. The SMILES string of the molecule is COC(=O)c1cc(Br)c(I)cc1F. The second-order valence-electron chi connectivity index (χ2n) is 2.24. The Bertz CT molecular complexity index is 354. The summed E-state index contributed by atoms with van der Waals surface area (Å²) in [4.78, 5) is 11.0. The molecular weight excluding hydrogens is 354 g/mol. The number of carbonyl (C=O) groups is 1. The Kier molecular flexibility index (Phi) is 3.66. The average Bonchev–Trinajstić information content (AvgIpc) is 2.10. The Morgan fingerprint density at radius 2 is 2.23 bits per heavy atom. The summed E-state index contributed by atoms with van der Waals surface area (Å²) in [6, 6.07) is 2.68. The summed E-state index contributed by atoms with van der Waals surface area (Å²) in [5, 5.41) is 0. The zero-order chi connectivity index (χ0) is 10.0. The molecule has 5 heteroatoms. The molecular formula is C8H5BrFIO2. The van der Waals surface area contributed by atoms with Crippen molar-refractivity contribution in [3.05, 3.63) is 31.6 Å².